The largest absolute Gasteiger partial charge is 0.508 e. The van der Waals surface area contributed by atoms with Crippen LogP contribution in [0.1, 0.15) is 46.5 Å². The smallest absolute Gasteiger partial charge is 0.416 e. The van der Waals surface area contributed by atoms with Crippen molar-refractivity contribution < 1.29 is 42.5 Å². The molecule has 0 atom stereocenters. The van der Waals surface area contributed by atoms with Crippen LogP contribution in [0.25, 0.3) is 0 Å². The van der Waals surface area contributed by atoms with Gasteiger partial charge in [-0.05, 0) is 36.6 Å². The topological polar surface area (TPSA) is 96.3 Å². The Morgan fingerprint density at radius 2 is 1.67 bits per heavy atom. The van der Waals surface area contributed by atoms with Crippen LogP contribution < -0.4 is 0 Å². The molecule has 0 aliphatic heterocycles. The number of ether oxygens (including phenoxy) is 1. The first-order valence-electron chi connectivity index (χ1n) is 10.3. The Bertz CT molecular complexity index is 989. The number of hydrogen-bond acceptors (Lipinski definition) is 6. The Morgan fingerprint density at radius 1 is 1.03 bits per heavy atom. The van der Waals surface area contributed by atoms with E-state index in [1.54, 1.807) is 13.8 Å². The van der Waals surface area contributed by atoms with Gasteiger partial charge in [0.15, 0.2) is 5.78 Å². The molecule has 180 valence electrons. The molecule has 0 aromatic heterocycles. The summed E-state index contributed by atoms with van der Waals surface area (Å²) in [7, 11) is 1.46. The Morgan fingerprint density at radius 3 is 2.18 bits per heavy atom. The molecule has 0 saturated carbocycles. The van der Waals surface area contributed by atoms with Crippen molar-refractivity contribution in [2.45, 2.75) is 32.9 Å². The quantitative estimate of drug-likeness (QED) is 0.405. The van der Waals surface area contributed by atoms with Gasteiger partial charge < -0.3 is 14.9 Å². The van der Waals surface area contributed by atoms with E-state index >= 15 is 0 Å². The molecule has 0 heterocycles. The van der Waals surface area contributed by atoms with Gasteiger partial charge in [0.25, 0.3) is 5.91 Å². The maximum Gasteiger partial charge on any atom is 0.416 e. The fourth-order valence-corrected chi connectivity index (χ4v) is 3.38. The van der Waals surface area contributed by atoms with Crippen LogP contribution in [0.5, 0.6) is 11.5 Å². The zero-order chi connectivity index (χ0) is 24.8. The zero-order valence-corrected chi connectivity index (χ0v) is 18.5. The Balaban J connectivity index is 2.52. The number of hydrogen-bond donors (Lipinski definition) is 2. The fourth-order valence-electron chi connectivity index (χ4n) is 3.38. The van der Waals surface area contributed by atoms with E-state index in [1.807, 2.05) is 0 Å². The third-order valence-electron chi connectivity index (χ3n) is 4.95. The number of benzene rings is 2. The molecule has 2 aromatic rings. The summed E-state index contributed by atoms with van der Waals surface area (Å²) in [5.74, 6) is -2.22. The predicted octanol–water partition coefficient (Wildman–Crippen LogP) is 3.88. The molecule has 7 nitrogen and oxygen atoms in total. The van der Waals surface area contributed by atoms with Crippen LogP contribution in [0.15, 0.2) is 30.3 Å². The minimum atomic E-state index is -4.57. The van der Waals surface area contributed by atoms with Gasteiger partial charge in [-0.1, -0.05) is 19.1 Å². The van der Waals surface area contributed by atoms with Crippen molar-refractivity contribution in [1.29, 1.82) is 0 Å². The van der Waals surface area contributed by atoms with E-state index in [4.69, 9.17) is 9.57 Å². The lowest BCUT2D eigenvalue weighted by atomic mass is 9.89. The molecular formula is C23H26F3NO6. The van der Waals surface area contributed by atoms with Gasteiger partial charge in [0.2, 0.25) is 0 Å². The van der Waals surface area contributed by atoms with E-state index in [0.29, 0.717) is 0 Å². The number of halogens is 3. The van der Waals surface area contributed by atoms with Crippen LogP contribution in [-0.2, 0) is 33.4 Å². The molecule has 0 bridgehead atoms. The molecule has 2 N–H and O–H groups in total. The van der Waals surface area contributed by atoms with Gasteiger partial charge in [-0.3, -0.25) is 14.4 Å². The number of carbonyl (C=O) groups is 2. The summed E-state index contributed by atoms with van der Waals surface area (Å²) >= 11 is 0. The Labute approximate surface area is 189 Å². The first kappa shape index (κ1) is 26.1. The van der Waals surface area contributed by atoms with Gasteiger partial charge >= 0.3 is 6.18 Å². The van der Waals surface area contributed by atoms with Crippen LogP contribution in [0, 0.1) is 0 Å². The SMILES string of the molecule is CCON(CCOC)C(=O)Cc1c(CC)c(O)cc(O)c1C(=O)c1ccc(C(F)(F)F)cc1. The van der Waals surface area contributed by atoms with Gasteiger partial charge in [0, 0.05) is 18.7 Å². The summed E-state index contributed by atoms with van der Waals surface area (Å²) in [4.78, 5) is 31.4. The minimum Gasteiger partial charge on any atom is -0.508 e. The van der Waals surface area contributed by atoms with E-state index in [2.05, 4.69) is 0 Å². The number of methoxy groups -OCH3 is 1. The molecule has 0 aliphatic rings. The Kier molecular flexibility index (Phi) is 8.84. The van der Waals surface area contributed by atoms with Crippen molar-refractivity contribution in [3.05, 3.63) is 58.1 Å². The molecule has 0 unspecified atom stereocenters. The number of carbonyl (C=O) groups excluding carboxylic acids is 2. The molecule has 1 amide bonds. The molecular weight excluding hydrogens is 443 g/mol. The number of rotatable bonds is 10. The first-order chi connectivity index (χ1) is 15.5. The first-order valence-corrected chi connectivity index (χ1v) is 10.3. The molecule has 0 fully saturated rings. The number of amides is 1. The van der Waals surface area contributed by atoms with Crippen molar-refractivity contribution in [3.8, 4) is 11.5 Å². The Hall–Kier alpha value is -3.11. The molecule has 0 spiro atoms. The van der Waals surface area contributed by atoms with Crippen molar-refractivity contribution in [3.63, 3.8) is 0 Å². The molecule has 2 rings (SSSR count). The average molecular weight is 469 g/mol. The lowest BCUT2D eigenvalue weighted by Crippen LogP contribution is -2.35. The van der Waals surface area contributed by atoms with E-state index in [0.717, 1.165) is 35.4 Å². The highest BCUT2D eigenvalue weighted by atomic mass is 19.4. The van der Waals surface area contributed by atoms with Gasteiger partial charge in [0.05, 0.1) is 37.3 Å². The summed E-state index contributed by atoms with van der Waals surface area (Å²) in [6.07, 6.45) is -4.73. The molecule has 0 radical (unpaired) electrons. The number of ketones is 1. The number of alkyl halides is 3. The van der Waals surface area contributed by atoms with Crippen LogP contribution >= 0.6 is 0 Å². The van der Waals surface area contributed by atoms with E-state index in [-0.39, 0.29) is 54.2 Å². The molecule has 2 aromatic carbocycles. The summed E-state index contributed by atoms with van der Waals surface area (Å²) in [5, 5.41) is 21.8. The van der Waals surface area contributed by atoms with E-state index in [1.165, 1.54) is 7.11 Å². The van der Waals surface area contributed by atoms with Crippen LogP contribution in [0.4, 0.5) is 13.2 Å². The van der Waals surface area contributed by atoms with Crippen LogP contribution in [-0.4, -0.2) is 53.8 Å². The van der Waals surface area contributed by atoms with Gasteiger partial charge in [0.1, 0.15) is 11.5 Å². The van der Waals surface area contributed by atoms with Crippen molar-refractivity contribution in [2.24, 2.45) is 0 Å². The lowest BCUT2D eigenvalue weighted by Gasteiger charge is -2.23. The normalized spacial score (nSPS) is 11.5. The van der Waals surface area contributed by atoms with E-state index in [9.17, 15) is 33.0 Å². The van der Waals surface area contributed by atoms with Gasteiger partial charge in [-0.25, -0.2) is 5.06 Å². The second-order valence-corrected chi connectivity index (χ2v) is 7.09. The van der Waals surface area contributed by atoms with Crippen molar-refractivity contribution >= 4 is 11.7 Å². The number of phenolic OH excluding ortho intramolecular Hbond substituents is 2. The number of aromatic hydroxyl groups is 2. The van der Waals surface area contributed by atoms with Crippen molar-refractivity contribution in [1.82, 2.24) is 5.06 Å². The highest BCUT2D eigenvalue weighted by molar-refractivity contribution is 6.12. The highest BCUT2D eigenvalue weighted by Crippen LogP contribution is 2.36. The number of phenols is 2. The number of hydroxylamine groups is 2. The predicted molar refractivity (Wildman–Crippen MR) is 113 cm³/mol. The summed E-state index contributed by atoms with van der Waals surface area (Å²) in [6, 6.07) is 4.50. The zero-order valence-electron chi connectivity index (χ0n) is 18.5. The molecule has 33 heavy (non-hydrogen) atoms. The monoisotopic (exact) mass is 469 g/mol. The summed E-state index contributed by atoms with van der Waals surface area (Å²) in [6.45, 7) is 3.87. The summed E-state index contributed by atoms with van der Waals surface area (Å²) in [5.41, 5.74) is -0.961. The number of nitrogens with zero attached hydrogens (tertiary/aromatic N) is 1. The standard InChI is InChI=1S/C23H26F3NO6/c1-4-16-17(12-20(30)27(33-5-2)10-11-32-3)21(19(29)13-18(16)28)22(31)14-6-8-15(9-7-14)23(24,25)26/h6-9,13,28-29H,4-5,10-12H2,1-3H3. The van der Waals surface area contributed by atoms with Crippen LogP contribution in [0.2, 0.25) is 0 Å². The summed E-state index contributed by atoms with van der Waals surface area (Å²) < 4.78 is 43.6. The van der Waals surface area contributed by atoms with E-state index < -0.39 is 35.6 Å². The average Bonchev–Trinajstić information content (AvgIpc) is 2.75. The third-order valence-corrected chi connectivity index (χ3v) is 4.95. The highest BCUT2D eigenvalue weighted by Gasteiger charge is 2.31. The molecule has 0 aliphatic carbocycles. The van der Waals surface area contributed by atoms with Gasteiger partial charge in [-0.2, -0.15) is 13.2 Å². The van der Waals surface area contributed by atoms with Gasteiger partial charge in [-0.15, -0.1) is 0 Å². The third kappa shape index (κ3) is 6.23. The molecule has 0 saturated heterocycles. The van der Waals surface area contributed by atoms with Crippen LogP contribution in [0.3, 0.4) is 0 Å². The lowest BCUT2D eigenvalue weighted by molar-refractivity contribution is -0.186. The maximum absolute atomic E-state index is 13.2. The fraction of sp³-hybridized carbons (Fsp3) is 0.391. The maximum atomic E-state index is 13.2. The van der Waals surface area contributed by atoms with Crippen molar-refractivity contribution in [2.75, 3.05) is 26.9 Å². The second kappa shape index (κ2) is 11.2. The molecule has 10 heteroatoms. The minimum absolute atomic E-state index is 0.0759. The second-order valence-electron chi connectivity index (χ2n) is 7.09.